The van der Waals surface area contributed by atoms with Gasteiger partial charge in [-0.05, 0) is 12.7 Å². The maximum absolute atomic E-state index is 10.7. The van der Waals surface area contributed by atoms with Gasteiger partial charge in [0.15, 0.2) is 0 Å². The van der Waals surface area contributed by atoms with Gasteiger partial charge in [0.05, 0.1) is 7.85 Å². The number of carbonyl (C=O) groups is 1. The zero-order valence-corrected chi connectivity index (χ0v) is 7.16. The van der Waals surface area contributed by atoms with Gasteiger partial charge in [0.25, 0.3) is 0 Å². The van der Waals surface area contributed by atoms with Crippen LogP contribution in [0.3, 0.4) is 0 Å². The van der Waals surface area contributed by atoms with E-state index in [-0.39, 0.29) is 11.6 Å². The van der Waals surface area contributed by atoms with Gasteiger partial charge in [0.1, 0.15) is 5.78 Å². The summed E-state index contributed by atoms with van der Waals surface area (Å²) in [5, 5.41) is 0. The van der Waals surface area contributed by atoms with Crippen LogP contribution in [0.25, 0.3) is 0 Å². The molecule has 0 bridgehead atoms. The van der Waals surface area contributed by atoms with Gasteiger partial charge in [-0.15, -0.1) is 0 Å². The van der Waals surface area contributed by atoms with Gasteiger partial charge in [0.2, 0.25) is 0 Å². The van der Waals surface area contributed by atoms with Crippen molar-refractivity contribution in [3.63, 3.8) is 0 Å². The number of Topliss-reactive ketones (excluding diaryl/α,β-unsaturated/α-hetero) is 1. The summed E-state index contributed by atoms with van der Waals surface area (Å²) in [4.78, 5) is 10.7. The van der Waals surface area contributed by atoms with Gasteiger partial charge in [-0.1, -0.05) is 35.9 Å². The molecular weight excluding hydrogens is 147 g/mol. The van der Waals surface area contributed by atoms with E-state index in [0.717, 1.165) is 5.56 Å². The first-order chi connectivity index (χ1) is 5.70. The molecule has 0 saturated heterocycles. The molecule has 1 unspecified atom stereocenters. The van der Waals surface area contributed by atoms with Gasteiger partial charge in [-0.3, -0.25) is 0 Å². The summed E-state index contributed by atoms with van der Waals surface area (Å²) in [6.45, 7) is 1.56. The molecule has 1 nitrogen and oxygen atoms in total. The van der Waals surface area contributed by atoms with E-state index in [9.17, 15) is 4.79 Å². The van der Waals surface area contributed by atoms with Crippen molar-refractivity contribution < 1.29 is 4.79 Å². The quantitative estimate of drug-likeness (QED) is 0.613. The Labute approximate surface area is 74.2 Å². The zero-order valence-electron chi connectivity index (χ0n) is 7.16. The molecule has 0 amide bonds. The number of benzene rings is 1. The summed E-state index contributed by atoms with van der Waals surface area (Å²) < 4.78 is 0. The standard InChI is InChI=1S/C10H11BO/c1-8(12)7-10(11)9-5-3-2-4-6-9/h2-6,10H,7H2,1H3. The Morgan fingerprint density at radius 3 is 2.50 bits per heavy atom. The summed E-state index contributed by atoms with van der Waals surface area (Å²) >= 11 is 0. The molecule has 1 aromatic carbocycles. The molecule has 0 aliphatic rings. The molecular formula is C10H11BO. The van der Waals surface area contributed by atoms with Gasteiger partial charge < -0.3 is 4.79 Å². The summed E-state index contributed by atoms with van der Waals surface area (Å²) in [7, 11) is 5.78. The molecule has 0 heterocycles. The minimum Gasteiger partial charge on any atom is -0.300 e. The first-order valence-corrected chi connectivity index (χ1v) is 4.00. The molecule has 1 aromatic rings. The van der Waals surface area contributed by atoms with E-state index < -0.39 is 0 Å². The van der Waals surface area contributed by atoms with Crippen molar-refractivity contribution in [1.82, 2.24) is 0 Å². The Morgan fingerprint density at radius 2 is 2.00 bits per heavy atom. The number of carbonyl (C=O) groups excluding carboxylic acids is 1. The Hall–Kier alpha value is -1.05. The number of ketones is 1. The molecule has 1 atom stereocenters. The lowest BCUT2D eigenvalue weighted by Crippen LogP contribution is -2.03. The van der Waals surface area contributed by atoms with Crippen LogP contribution in [0.5, 0.6) is 0 Å². The Bertz CT molecular complexity index is 256. The highest BCUT2D eigenvalue weighted by atomic mass is 16.1. The fraction of sp³-hybridized carbons (Fsp3) is 0.300. The van der Waals surface area contributed by atoms with Gasteiger partial charge in [-0.2, -0.15) is 0 Å². The first-order valence-electron chi connectivity index (χ1n) is 4.00. The average molecular weight is 158 g/mol. The Morgan fingerprint density at radius 1 is 1.42 bits per heavy atom. The van der Waals surface area contributed by atoms with E-state index in [2.05, 4.69) is 0 Å². The molecule has 0 spiro atoms. The lowest BCUT2D eigenvalue weighted by Gasteiger charge is -2.08. The number of hydrogen-bond acceptors (Lipinski definition) is 1. The van der Waals surface area contributed by atoms with Crippen LogP contribution in [0.4, 0.5) is 0 Å². The Kier molecular flexibility index (Phi) is 3.09. The summed E-state index contributed by atoms with van der Waals surface area (Å²) in [5.41, 5.74) is 1.02. The van der Waals surface area contributed by atoms with Crippen LogP contribution in [-0.2, 0) is 4.79 Å². The van der Waals surface area contributed by atoms with Crippen LogP contribution >= 0.6 is 0 Å². The predicted molar refractivity (Wildman–Crippen MR) is 50.2 cm³/mol. The fourth-order valence-corrected chi connectivity index (χ4v) is 1.13. The second-order valence-corrected chi connectivity index (χ2v) is 2.92. The third-order valence-electron chi connectivity index (χ3n) is 1.74. The van der Waals surface area contributed by atoms with Crippen LogP contribution in [0, 0.1) is 0 Å². The number of rotatable bonds is 3. The summed E-state index contributed by atoms with van der Waals surface area (Å²) in [5.74, 6) is -0.0185. The second-order valence-electron chi connectivity index (χ2n) is 2.92. The van der Waals surface area contributed by atoms with Gasteiger partial charge >= 0.3 is 0 Å². The molecule has 2 heteroatoms. The molecule has 0 fully saturated rings. The predicted octanol–water partition coefficient (Wildman–Crippen LogP) is 1.88. The van der Waals surface area contributed by atoms with Gasteiger partial charge in [-0.25, -0.2) is 0 Å². The normalized spacial score (nSPS) is 12.4. The molecule has 0 saturated carbocycles. The largest absolute Gasteiger partial charge is 0.300 e. The van der Waals surface area contributed by atoms with Gasteiger partial charge in [0, 0.05) is 6.42 Å². The topological polar surface area (TPSA) is 17.1 Å². The van der Waals surface area contributed by atoms with Crippen molar-refractivity contribution in [1.29, 1.82) is 0 Å². The highest BCUT2D eigenvalue weighted by Gasteiger charge is 2.05. The van der Waals surface area contributed by atoms with E-state index in [4.69, 9.17) is 7.85 Å². The molecule has 0 aromatic heterocycles. The van der Waals surface area contributed by atoms with E-state index in [1.165, 1.54) is 0 Å². The van der Waals surface area contributed by atoms with Crippen molar-refractivity contribution in [2.45, 2.75) is 19.2 Å². The van der Waals surface area contributed by atoms with E-state index >= 15 is 0 Å². The maximum Gasteiger partial charge on any atom is 0.129 e. The highest BCUT2D eigenvalue weighted by Crippen LogP contribution is 2.15. The molecule has 1 rings (SSSR count). The zero-order chi connectivity index (χ0) is 8.97. The lowest BCUT2D eigenvalue weighted by molar-refractivity contribution is -0.117. The van der Waals surface area contributed by atoms with Crippen LogP contribution in [-0.4, -0.2) is 13.6 Å². The van der Waals surface area contributed by atoms with E-state index in [0.29, 0.717) is 6.42 Å². The second kappa shape index (κ2) is 4.10. The maximum atomic E-state index is 10.7. The molecule has 60 valence electrons. The third-order valence-corrected chi connectivity index (χ3v) is 1.74. The molecule has 0 N–H and O–H groups in total. The Balaban J connectivity index is 2.65. The summed E-state index contributed by atoms with van der Waals surface area (Å²) in [6.07, 6.45) is 0.421. The van der Waals surface area contributed by atoms with Crippen LogP contribution in [0.15, 0.2) is 30.3 Å². The van der Waals surface area contributed by atoms with E-state index in [1.807, 2.05) is 30.3 Å². The first kappa shape index (κ1) is 9.05. The molecule has 0 aliphatic carbocycles. The molecule has 12 heavy (non-hydrogen) atoms. The van der Waals surface area contributed by atoms with Crippen LogP contribution in [0.2, 0.25) is 0 Å². The van der Waals surface area contributed by atoms with Crippen molar-refractivity contribution >= 4 is 13.6 Å². The van der Waals surface area contributed by atoms with Crippen molar-refractivity contribution in [3.05, 3.63) is 35.9 Å². The summed E-state index contributed by atoms with van der Waals surface area (Å²) in [6, 6.07) is 9.66. The minimum absolute atomic E-state index is 0.131. The lowest BCUT2D eigenvalue weighted by atomic mass is 9.78. The average Bonchev–Trinajstić information content (AvgIpc) is 2.05. The van der Waals surface area contributed by atoms with Crippen molar-refractivity contribution in [3.8, 4) is 0 Å². The SMILES string of the molecule is [B]C(CC(C)=O)c1ccccc1. The van der Waals surface area contributed by atoms with Crippen molar-refractivity contribution in [2.24, 2.45) is 0 Å². The minimum atomic E-state index is -0.149. The number of hydrogen-bond donors (Lipinski definition) is 0. The van der Waals surface area contributed by atoms with E-state index in [1.54, 1.807) is 6.92 Å². The van der Waals surface area contributed by atoms with Crippen molar-refractivity contribution in [2.75, 3.05) is 0 Å². The highest BCUT2D eigenvalue weighted by molar-refractivity contribution is 6.13. The fourth-order valence-electron chi connectivity index (χ4n) is 1.13. The third kappa shape index (κ3) is 2.53. The van der Waals surface area contributed by atoms with Crippen LogP contribution in [0.1, 0.15) is 24.7 Å². The smallest absolute Gasteiger partial charge is 0.129 e. The molecule has 0 aliphatic heterocycles. The van der Waals surface area contributed by atoms with Crippen LogP contribution < -0.4 is 0 Å². The molecule has 2 radical (unpaired) electrons. The monoisotopic (exact) mass is 158 g/mol.